The monoisotopic (exact) mass is 578 g/mol. The molecule has 2 atom stereocenters. The highest BCUT2D eigenvalue weighted by atomic mass is 19.4. The zero-order valence-electron chi connectivity index (χ0n) is 22.2. The summed E-state index contributed by atoms with van der Waals surface area (Å²) in [5.74, 6) is -3.26. The maximum absolute atomic E-state index is 13.8. The Morgan fingerprint density at radius 2 is 2.07 bits per heavy atom. The van der Waals surface area contributed by atoms with Gasteiger partial charge >= 0.3 is 18.0 Å². The Morgan fingerprint density at radius 3 is 2.76 bits per heavy atom. The molecule has 2 aromatic heterocycles. The van der Waals surface area contributed by atoms with E-state index in [1.165, 1.54) is 6.92 Å². The lowest BCUT2D eigenvalue weighted by Crippen LogP contribution is -2.44. The Labute approximate surface area is 231 Å². The number of amides is 1. The molecular weight excluding hydrogens is 549 g/mol. The second-order valence-electron chi connectivity index (χ2n) is 10.2. The number of hydrogen-bond acceptors (Lipinski definition) is 8. The van der Waals surface area contributed by atoms with E-state index in [1.54, 1.807) is 18.2 Å². The summed E-state index contributed by atoms with van der Waals surface area (Å²) in [6.45, 7) is 1.78. The topological polar surface area (TPSA) is 140 Å². The molecule has 2 aliphatic rings. The molecule has 4 heterocycles. The first kappa shape index (κ1) is 28.3. The third-order valence-electron chi connectivity index (χ3n) is 7.25. The molecule has 0 radical (unpaired) electrons. The molecule has 41 heavy (non-hydrogen) atoms. The summed E-state index contributed by atoms with van der Waals surface area (Å²) in [5, 5.41) is 12.6. The van der Waals surface area contributed by atoms with Gasteiger partial charge in [0, 0.05) is 32.1 Å². The Kier molecular flexibility index (Phi) is 7.82. The van der Waals surface area contributed by atoms with Crippen molar-refractivity contribution >= 4 is 17.8 Å². The number of aliphatic carboxylic acids is 1. The summed E-state index contributed by atoms with van der Waals surface area (Å²) in [4.78, 5) is 41.8. The van der Waals surface area contributed by atoms with Crippen LogP contribution in [-0.4, -0.2) is 57.3 Å². The van der Waals surface area contributed by atoms with Gasteiger partial charge in [-0.15, -0.1) is 0 Å². The van der Waals surface area contributed by atoms with Crippen molar-refractivity contribution in [1.29, 1.82) is 0 Å². The molecule has 220 valence electrons. The second kappa shape index (κ2) is 11.3. The van der Waals surface area contributed by atoms with E-state index in [0.29, 0.717) is 28.2 Å². The predicted molar refractivity (Wildman–Crippen MR) is 137 cm³/mol. The van der Waals surface area contributed by atoms with Crippen LogP contribution in [0.2, 0.25) is 0 Å². The number of fused-ring (bicyclic) bond motifs is 2. The molecular formula is C27H29F3N4O7. The van der Waals surface area contributed by atoms with E-state index in [4.69, 9.17) is 13.6 Å². The summed E-state index contributed by atoms with van der Waals surface area (Å²) >= 11 is 0. The van der Waals surface area contributed by atoms with Crippen molar-refractivity contribution < 1.29 is 41.4 Å². The van der Waals surface area contributed by atoms with Crippen LogP contribution < -0.4 is 15.9 Å². The lowest BCUT2D eigenvalue weighted by atomic mass is 9.92. The Bertz CT molecular complexity index is 1470. The maximum Gasteiger partial charge on any atom is 0.519 e. The number of ether oxygens (including phenoxy) is 1. The molecule has 2 aliphatic heterocycles. The third kappa shape index (κ3) is 6.57. The number of hydrogen-bond donors (Lipinski definition) is 2. The molecule has 3 aromatic rings. The highest BCUT2D eigenvalue weighted by molar-refractivity contribution is 5.84. The minimum absolute atomic E-state index is 0.00807. The molecule has 0 fully saturated rings. The molecule has 1 unspecified atom stereocenters. The normalized spacial score (nSPS) is 18.8. The number of alkyl halides is 3. The first-order valence-electron chi connectivity index (χ1n) is 13.2. The average molecular weight is 579 g/mol. The quantitative estimate of drug-likeness (QED) is 0.390. The van der Waals surface area contributed by atoms with Gasteiger partial charge in [0.1, 0.15) is 18.1 Å². The summed E-state index contributed by atoms with van der Waals surface area (Å²) < 4.78 is 59.2. The molecule has 14 heteroatoms. The van der Waals surface area contributed by atoms with E-state index in [2.05, 4.69) is 10.3 Å². The minimum atomic E-state index is -4.77. The van der Waals surface area contributed by atoms with Crippen LogP contribution in [-0.2, 0) is 35.4 Å². The summed E-state index contributed by atoms with van der Waals surface area (Å²) in [5.41, 5.74) is 1.67. The molecule has 2 N–H and O–H groups in total. The van der Waals surface area contributed by atoms with Gasteiger partial charge in [-0.25, -0.2) is 9.78 Å². The number of carboxylic acid groups (broad SMARTS) is 1. The molecule has 0 spiro atoms. The number of carbonyl (C=O) groups excluding carboxylic acids is 1. The van der Waals surface area contributed by atoms with Gasteiger partial charge in [0.05, 0.1) is 30.7 Å². The van der Waals surface area contributed by atoms with Gasteiger partial charge in [-0.05, 0) is 43.0 Å². The number of benzene rings is 1. The summed E-state index contributed by atoms with van der Waals surface area (Å²) in [7, 11) is 0. The number of nitrogens with zero attached hydrogens (tertiary/aromatic N) is 3. The fourth-order valence-corrected chi connectivity index (χ4v) is 5.40. The van der Waals surface area contributed by atoms with Gasteiger partial charge in [0.2, 0.25) is 11.9 Å². The molecule has 1 amide bonds. The van der Waals surface area contributed by atoms with Gasteiger partial charge in [-0.1, -0.05) is 6.07 Å². The van der Waals surface area contributed by atoms with Crippen molar-refractivity contribution in [1.82, 2.24) is 14.5 Å². The van der Waals surface area contributed by atoms with Gasteiger partial charge in [0.25, 0.3) is 0 Å². The SMILES string of the molecule is Cc1oc(=O)oc1CC1c2cc(OCCc3cn4c(n3)NCCC4)ccc2C[C@@H](CC(=O)O)C(=O)N1CC(F)(F)F. The molecule has 5 rings (SSSR count). The fraction of sp³-hybridized carbons (Fsp3) is 0.481. The van der Waals surface area contributed by atoms with Crippen molar-refractivity contribution in [3.8, 4) is 5.75 Å². The number of imidazole rings is 1. The molecule has 0 bridgehead atoms. The number of nitrogens with one attached hydrogen (secondary N) is 1. The van der Waals surface area contributed by atoms with Gasteiger partial charge in [-0.2, -0.15) is 13.2 Å². The number of anilines is 1. The Balaban J connectivity index is 1.46. The largest absolute Gasteiger partial charge is 0.519 e. The number of aromatic nitrogens is 2. The van der Waals surface area contributed by atoms with Crippen LogP contribution in [0.3, 0.4) is 0 Å². The van der Waals surface area contributed by atoms with Crippen LogP contribution in [0.15, 0.2) is 38.0 Å². The van der Waals surface area contributed by atoms with Crippen molar-refractivity contribution in [3.63, 3.8) is 0 Å². The van der Waals surface area contributed by atoms with Crippen LogP contribution in [0.4, 0.5) is 19.1 Å². The van der Waals surface area contributed by atoms with Crippen LogP contribution >= 0.6 is 0 Å². The van der Waals surface area contributed by atoms with E-state index in [-0.39, 0.29) is 31.0 Å². The van der Waals surface area contributed by atoms with Crippen LogP contribution in [0.25, 0.3) is 0 Å². The standard InChI is InChI=1S/C27H29F3N4O7/c1-15-22(41-26(38)40-15)12-21-20-11-19(39-8-5-18-13-33-7-2-6-31-25(33)32-18)4-3-16(20)9-17(10-23(35)36)24(37)34(21)14-27(28,29)30/h3-4,11,13,17,21H,2,5-10,12,14H2,1H3,(H,31,32)(H,35,36)/t17-,21?/m0/s1. The lowest BCUT2D eigenvalue weighted by Gasteiger charge is -2.32. The van der Waals surface area contributed by atoms with Gasteiger partial charge in [-0.3, -0.25) is 9.59 Å². The van der Waals surface area contributed by atoms with E-state index in [9.17, 15) is 32.7 Å². The Hall–Kier alpha value is -4.23. The number of aryl methyl sites for hydroxylation is 2. The van der Waals surface area contributed by atoms with Crippen LogP contribution in [0, 0.1) is 12.8 Å². The molecule has 0 aliphatic carbocycles. The highest BCUT2D eigenvalue weighted by Crippen LogP contribution is 2.39. The molecule has 1 aromatic carbocycles. The number of carbonyl (C=O) groups is 2. The average Bonchev–Trinajstić information content (AvgIpc) is 3.43. The number of halogens is 3. The molecule has 11 nitrogen and oxygen atoms in total. The van der Waals surface area contributed by atoms with Gasteiger partial charge in [0.15, 0.2) is 5.76 Å². The number of rotatable bonds is 9. The zero-order valence-corrected chi connectivity index (χ0v) is 22.2. The van der Waals surface area contributed by atoms with Crippen molar-refractivity contribution in [2.24, 2.45) is 5.92 Å². The van der Waals surface area contributed by atoms with Gasteiger partial charge < -0.3 is 33.5 Å². The fourth-order valence-electron chi connectivity index (χ4n) is 5.40. The smallest absolute Gasteiger partial charge is 0.493 e. The summed E-state index contributed by atoms with van der Waals surface area (Å²) in [6.07, 6.45) is -2.34. The minimum Gasteiger partial charge on any atom is -0.493 e. The Morgan fingerprint density at radius 1 is 1.27 bits per heavy atom. The molecule has 0 saturated carbocycles. The highest BCUT2D eigenvalue weighted by Gasteiger charge is 2.43. The van der Waals surface area contributed by atoms with Crippen molar-refractivity contribution in [3.05, 3.63) is 63.4 Å². The molecule has 0 saturated heterocycles. The maximum atomic E-state index is 13.8. The van der Waals surface area contributed by atoms with E-state index in [0.717, 1.165) is 31.2 Å². The van der Waals surface area contributed by atoms with E-state index < -0.39 is 48.8 Å². The number of carboxylic acids is 1. The first-order valence-corrected chi connectivity index (χ1v) is 13.2. The third-order valence-corrected chi connectivity index (χ3v) is 7.25. The first-order chi connectivity index (χ1) is 19.5. The second-order valence-corrected chi connectivity index (χ2v) is 10.2. The van der Waals surface area contributed by atoms with Crippen LogP contribution in [0.1, 0.15) is 47.2 Å². The predicted octanol–water partition coefficient (Wildman–Crippen LogP) is 3.50. The van der Waals surface area contributed by atoms with Crippen LogP contribution in [0.5, 0.6) is 5.75 Å². The zero-order chi connectivity index (χ0) is 29.3. The summed E-state index contributed by atoms with van der Waals surface area (Å²) in [6, 6.07) is 3.61. The van der Waals surface area contributed by atoms with Crippen molar-refractivity contribution in [2.45, 2.75) is 57.8 Å². The van der Waals surface area contributed by atoms with Crippen molar-refractivity contribution in [2.75, 3.05) is 25.0 Å². The van der Waals surface area contributed by atoms with E-state index >= 15 is 0 Å². The van der Waals surface area contributed by atoms with E-state index in [1.807, 2.05) is 10.8 Å². The lowest BCUT2D eigenvalue weighted by molar-refractivity contribution is -0.169.